The molecule has 0 unspecified atom stereocenters. The zero-order valence-electron chi connectivity index (χ0n) is 8.34. The van der Waals surface area contributed by atoms with Crippen molar-refractivity contribution in [2.75, 3.05) is 0 Å². The monoisotopic (exact) mass is 342 g/mol. The first-order chi connectivity index (χ1) is 7.70. The van der Waals surface area contributed by atoms with Crippen molar-refractivity contribution < 1.29 is 8.77 Å². The molecule has 0 radical (unpaired) electrons. The summed E-state index contributed by atoms with van der Waals surface area (Å²) in [4.78, 5) is 14.1. The van der Waals surface area contributed by atoms with Crippen LogP contribution in [0.4, 0.5) is 5.69 Å². The molecule has 0 saturated carbocycles. The normalized spacial score (nSPS) is 8.82. The third kappa shape index (κ3) is 4.46. The number of nitrogens with zero attached hydrogens (tertiary/aromatic N) is 2. The summed E-state index contributed by atoms with van der Waals surface area (Å²) in [5.74, 6) is 0. The average Bonchev–Trinajstić information content (AvgIpc) is 2.29. The van der Waals surface area contributed by atoms with Crippen LogP contribution in [0.25, 0.3) is 10.9 Å². The number of nitro benzene ring substituents is 1. The predicted molar refractivity (Wildman–Crippen MR) is 69.7 cm³/mol. The molecule has 1 heterocycles. The SMILES string of the molecule is ClOCl.O=[N+]([O-])c1cccc2cccnc12.[SeH2]. The third-order valence-corrected chi connectivity index (χ3v) is 1.81. The molecule has 5 nitrogen and oxygen atoms in total. The average molecular weight is 342 g/mol. The van der Waals surface area contributed by atoms with Gasteiger partial charge in [-0.2, -0.15) is 3.84 Å². The van der Waals surface area contributed by atoms with Gasteiger partial charge >= 0.3 is 17.1 Å². The van der Waals surface area contributed by atoms with E-state index in [-0.39, 0.29) is 22.8 Å². The first-order valence-corrected chi connectivity index (χ1v) is 4.70. The van der Waals surface area contributed by atoms with E-state index in [4.69, 9.17) is 0 Å². The Kier molecular flexibility index (Phi) is 7.78. The topological polar surface area (TPSA) is 65.3 Å². The van der Waals surface area contributed by atoms with E-state index in [0.717, 1.165) is 5.39 Å². The number of benzene rings is 1. The van der Waals surface area contributed by atoms with E-state index in [1.54, 1.807) is 30.5 Å². The summed E-state index contributed by atoms with van der Waals surface area (Å²) >= 11 is 8.53. The fourth-order valence-corrected chi connectivity index (χ4v) is 1.24. The molecule has 0 aliphatic rings. The van der Waals surface area contributed by atoms with Crippen molar-refractivity contribution in [2.45, 2.75) is 0 Å². The second kappa shape index (κ2) is 8.22. The Balaban J connectivity index is 0.000000583. The zero-order chi connectivity index (χ0) is 12.0. The van der Waals surface area contributed by atoms with Crippen LogP contribution in [0.1, 0.15) is 0 Å². The molecule has 0 aliphatic heterocycles. The van der Waals surface area contributed by atoms with Crippen LogP contribution in [0, 0.1) is 10.1 Å². The van der Waals surface area contributed by atoms with Crippen LogP contribution in [0.15, 0.2) is 36.5 Å². The van der Waals surface area contributed by atoms with Crippen molar-refractivity contribution in [3.05, 3.63) is 46.6 Å². The van der Waals surface area contributed by atoms with E-state index >= 15 is 0 Å². The van der Waals surface area contributed by atoms with Crippen LogP contribution < -0.4 is 0 Å². The van der Waals surface area contributed by atoms with E-state index in [9.17, 15) is 10.1 Å². The minimum atomic E-state index is -0.421. The molecule has 0 aliphatic carbocycles. The molecule has 0 N–H and O–H groups in total. The van der Waals surface area contributed by atoms with Crippen LogP contribution in [0.2, 0.25) is 0 Å². The molecule has 92 valence electrons. The predicted octanol–water partition coefficient (Wildman–Crippen LogP) is 2.54. The molecule has 0 amide bonds. The minimum absolute atomic E-state index is 0. The number of rotatable bonds is 1. The Morgan fingerprint density at radius 1 is 1.24 bits per heavy atom. The van der Waals surface area contributed by atoms with Gasteiger partial charge in [-0.3, -0.25) is 10.1 Å². The van der Waals surface area contributed by atoms with Crippen molar-refractivity contribution >= 4 is 57.4 Å². The van der Waals surface area contributed by atoms with Crippen molar-refractivity contribution in [3.63, 3.8) is 0 Å². The number of para-hydroxylation sites is 1. The molecule has 0 atom stereocenters. The Labute approximate surface area is 118 Å². The molecule has 1 aromatic carbocycles. The fraction of sp³-hybridized carbons (Fsp3) is 0. The Morgan fingerprint density at radius 2 is 1.82 bits per heavy atom. The number of fused-ring (bicyclic) bond motifs is 1. The fourth-order valence-electron chi connectivity index (χ4n) is 1.24. The molecule has 8 heteroatoms. The van der Waals surface area contributed by atoms with Gasteiger partial charge in [-0.1, -0.05) is 18.2 Å². The third-order valence-electron chi connectivity index (χ3n) is 1.81. The van der Waals surface area contributed by atoms with Crippen LogP contribution in [-0.2, 0) is 3.84 Å². The van der Waals surface area contributed by atoms with Gasteiger partial charge in [-0.05, 0) is 6.07 Å². The van der Waals surface area contributed by atoms with E-state index in [1.807, 2.05) is 0 Å². The van der Waals surface area contributed by atoms with Gasteiger partial charge in [-0.15, -0.1) is 0 Å². The van der Waals surface area contributed by atoms with Gasteiger partial charge in [-0.25, -0.2) is 4.98 Å². The summed E-state index contributed by atoms with van der Waals surface area (Å²) in [6.45, 7) is 0. The zero-order valence-corrected chi connectivity index (χ0v) is 11.9. The van der Waals surface area contributed by atoms with Crippen molar-refractivity contribution in [3.8, 4) is 0 Å². The van der Waals surface area contributed by atoms with Gasteiger partial charge in [0, 0.05) is 17.6 Å². The van der Waals surface area contributed by atoms with Gasteiger partial charge < -0.3 is 0 Å². The standard InChI is InChI=1S/C9H6N2O2.Cl2O.H2Se/c12-11(13)8-5-1-3-7-4-2-6-10-9(7)8;1-3-2;/h1-6H;;1H2. The first kappa shape index (κ1) is 16.1. The van der Waals surface area contributed by atoms with E-state index < -0.39 is 4.92 Å². The van der Waals surface area contributed by atoms with Crippen molar-refractivity contribution in [2.24, 2.45) is 0 Å². The van der Waals surface area contributed by atoms with Crippen molar-refractivity contribution in [1.82, 2.24) is 4.98 Å². The number of non-ortho nitro benzene ring substituents is 1. The quantitative estimate of drug-likeness (QED) is 0.454. The van der Waals surface area contributed by atoms with Gasteiger partial charge in [0.15, 0.2) is 0 Å². The summed E-state index contributed by atoms with van der Waals surface area (Å²) in [6, 6.07) is 8.47. The summed E-state index contributed by atoms with van der Waals surface area (Å²) in [6.07, 6.45) is 1.55. The first-order valence-electron chi connectivity index (χ1n) is 4.08. The Bertz CT molecular complexity index is 493. The van der Waals surface area contributed by atoms with Gasteiger partial charge in [0.1, 0.15) is 5.52 Å². The number of nitro groups is 1. The number of halogens is 2. The number of hydrogen-bond acceptors (Lipinski definition) is 4. The van der Waals surface area contributed by atoms with Crippen LogP contribution in [-0.4, -0.2) is 27.0 Å². The van der Waals surface area contributed by atoms with E-state index in [1.165, 1.54) is 6.07 Å². The number of aromatic nitrogens is 1. The van der Waals surface area contributed by atoms with Crippen LogP contribution in [0.3, 0.4) is 0 Å². The second-order valence-corrected chi connectivity index (χ2v) is 3.13. The summed E-state index contributed by atoms with van der Waals surface area (Å²) < 4.78 is 3.19. The molecule has 2 aromatic rings. The van der Waals surface area contributed by atoms with Gasteiger partial charge in [0.25, 0.3) is 5.69 Å². The summed E-state index contributed by atoms with van der Waals surface area (Å²) in [7, 11) is 0. The van der Waals surface area contributed by atoms with E-state index in [0.29, 0.717) is 5.52 Å². The molecule has 1 aromatic heterocycles. The number of pyridine rings is 1. The molecule has 0 spiro atoms. The van der Waals surface area contributed by atoms with Gasteiger partial charge in [0.2, 0.25) is 0 Å². The van der Waals surface area contributed by atoms with E-state index in [2.05, 4.69) is 32.6 Å². The summed E-state index contributed by atoms with van der Waals surface area (Å²) in [5.41, 5.74) is 0.494. The van der Waals surface area contributed by atoms with Crippen molar-refractivity contribution in [1.29, 1.82) is 0 Å². The maximum atomic E-state index is 10.6. The molecular formula is C9H8Cl2N2O3Se. The summed E-state index contributed by atoms with van der Waals surface area (Å²) in [5, 5.41) is 11.4. The molecular weight excluding hydrogens is 334 g/mol. The molecule has 0 saturated heterocycles. The van der Waals surface area contributed by atoms with Crippen LogP contribution >= 0.6 is 23.7 Å². The molecule has 0 bridgehead atoms. The second-order valence-electron chi connectivity index (χ2n) is 2.67. The molecule has 17 heavy (non-hydrogen) atoms. The van der Waals surface area contributed by atoms with Gasteiger partial charge in [0.05, 0.1) is 28.7 Å². The maximum absolute atomic E-state index is 10.6. The number of hydrogen-bond donors (Lipinski definition) is 0. The Hall–Kier alpha value is -0.911. The van der Waals surface area contributed by atoms with Crippen LogP contribution in [0.5, 0.6) is 0 Å². The molecule has 2 rings (SSSR count). The Morgan fingerprint density at radius 3 is 2.41 bits per heavy atom. The molecule has 0 fully saturated rings.